The van der Waals surface area contributed by atoms with Crippen LogP contribution in [0.3, 0.4) is 0 Å². The monoisotopic (exact) mass is 323 g/mol. The Bertz CT molecular complexity index is 717. The average Bonchev–Trinajstić information content (AvgIpc) is 2.91. The predicted octanol–water partition coefficient (Wildman–Crippen LogP) is -0.116. The van der Waals surface area contributed by atoms with Crippen molar-refractivity contribution < 1.29 is 0 Å². The fourth-order valence-corrected chi connectivity index (χ4v) is 2.82. The molecule has 0 aromatic carbocycles. The van der Waals surface area contributed by atoms with Crippen LogP contribution in [0.5, 0.6) is 0 Å². The average molecular weight is 324 g/mol. The van der Waals surface area contributed by atoms with E-state index in [1.54, 1.807) is 24.3 Å². The maximum atomic E-state index is 11.9. The molecule has 3 rings (SSSR count). The van der Waals surface area contributed by atoms with Crippen LogP contribution >= 0.6 is 11.6 Å². The normalized spacial score (nSPS) is 16.2. The molecule has 0 spiro atoms. The van der Waals surface area contributed by atoms with Crippen LogP contribution in [0.4, 0.5) is 5.69 Å². The van der Waals surface area contributed by atoms with Crippen molar-refractivity contribution in [3.8, 4) is 0 Å². The number of halogens is 1. The maximum absolute atomic E-state index is 11.9. The molecule has 1 saturated heterocycles. The van der Waals surface area contributed by atoms with Gasteiger partial charge in [0.25, 0.3) is 5.56 Å². The van der Waals surface area contributed by atoms with Crippen molar-refractivity contribution in [1.82, 2.24) is 29.4 Å². The third kappa shape index (κ3) is 2.84. The molecule has 118 valence electrons. The molecule has 0 bridgehead atoms. The Morgan fingerprint density at radius 1 is 1.14 bits per heavy atom. The first-order valence-corrected chi connectivity index (χ1v) is 7.46. The summed E-state index contributed by atoms with van der Waals surface area (Å²) in [7, 11) is 3.49. The lowest BCUT2D eigenvalue weighted by Gasteiger charge is -2.35. The van der Waals surface area contributed by atoms with Crippen molar-refractivity contribution in [2.75, 3.05) is 31.1 Å². The molecule has 3 heterocycles. The van der Waals surface area contributed by atoms with Gasteiger partial charge < -0.3 is 4.90 Å². The van der Waals surface area contributed by atoms with Crippen LogP contribution in [0, 0.1) is 0 Å². The minimum atomic E-state index is -0.263. The molecular weight excluding hydrogens is 306 g/mol. The molecule has 0 amide bonds. The molecule has 0 atom stereocenters. The fraction of sp³-hybridized carbons (Fsp3) is 0.538. The van der Waals surface area contributed by atoms with Crippen molar-refractivity contribution in [1.29, 1.82) is 0 Å². The summed E-state index contributed by atoms with van der Waals surface area (Å²) in [5, 5.41) is 8.36. The maximum Gasteiger partial charge on any atom is 0.287 e. The number of aryl methyl sites for hydroxylation is 2. The number of rotatable bonds is 3. The van der Waals surface area contributed by atoms with Crippen molar-refractivity contribution in [3.63, 3.8) is 0 Å². The topological polar surface area (TPSA) is 72.1 Å². The molecular formula is C13H18ClN7O. The first-order valence-electron chi connectivity index (χ1n) is 7.08. The van der Waals surface area contributed by atoms with Crippen molar-refractivity contribution in [2.45, 2.75) is 6.54 Å². The first kappa shape index (κ1) is 15.0. The number of piperazine rings is 1. The highest BCUT2D eigenvalue weighted by molar-refractivity contribution is 6.33. The van der Waals surface area contributed by atoms with E-state index in [0.29, 0.717) is 5.69 Å². The Morgan fingerprint density at radius 3 is 2.50 bits per heavy atom. The van der Waals surface area contributed by atoms with E-state index < -0.39 is 0 Å². The van der Waals surface area contributed by atoms with Gasteiger partial charge in [0, 0.05) is 40.3 Å². The lowest BCUT2D eigenvalue weighted by atomic mass is 10.3. The zero-order valence-corrected chi connectivity index (χ0v) is 13.4. The van der Waals surface area contributed by atoms with Gasteiger partial charge in [-0.1, -0.05) is 11.6 Å². The molecule has 0 N–H and O–H groups in total. The number of nitrogens with zero attached hydrogens (tertiary/aromatic N) is 7. The minimum absolute atomic E-state index is 0.235. The molecule has 0 radical (unpaired) electrons. The van der Waals surface area contributed by atoms with Gasteiger partial charge in [-0.2, -0.15) is 10.2 Å². The molecule has 2 aromatic heterocycles. The first-order chi connectivity index (χ1) is 10.6. The largest absolute Gasteiger partial charge is 0.366 e. The third-order valence-electron chi connectivity index (χ3n) is 3.94. The van der Waals surface area contributed by atoms with Crippen LogP contribution in [-0.2, 0) is 20.6 Å². The molecule has 1 aliphatic rings. The highest BCUT2D eigenvalue weighted by Gasteiger charge is 2.21. The molecule has 9 heteroatoms. The molecule has 8 nitrogen and oxygen atoms in total. The Hall–Kier alpha value is -1.93. The van der Waals surface area contributed by atoms with Crippen LogP contribution in [0.15, 0.2) is 17.3 Å². The van der Waals surface area contributed by atoms with E-state index in [0.717, 1.165) is 38.5 Å². The predicted molar refractivity (Wildman–Crippen MR) is 83.0 cm³/mol. The smallest absolute Gasteiger partial charge is 0.287 e. The second-order valence-electron chi connectivity index (χ2n) is 5.34. The third-order valence-corrected chi connectivity index (χ3v) is 4.30. The van der Waals surface area contributed by atoms with Gasteiger partial charge in [-0.05, 0) is 0 Å². The lowest BCUT2D eigenvalue weighted by Crippen LogP contribution is -2.46. The standard InChI is InChI=1S/C13H18ClN7O/c1-18-11(15-9-17-18)8-20-3-5-21(6-4-20)10-7-16-19(2)13(22)12(10)14/h7,9H,3-6,8H2,1-2H3. The molecule has 1 aliphatic heterocycles. The summed E-state index contributed by atoms with van der Waals surface area (Å²) in [5.41, 5.74) is 0.448. The van der Waals surface area contributed by atoms with E-state index in [1.165, 1.54) is 4.68 Å². The van der Waals surface area contributed by atoms with Crippen molar-refractivity contribution in [3.05, 3.63) is 33.7 Å². The van der Waals surface area contributed by atoms with Crippen LogP contribution in [0.2, 0.25) is 5.02 Å². The summed E-state index contributed by atoms with van der Waals surface area (Å²) >= 11 is 6.15. The van der Waals surface area contributed by atoms with E-state index in [1.807, 2.05) is 7.05 Å². The van der Waals surface area contributed by atoms with Crippen molar-refractivity contribution >= 4 is 17.3 Å². The highest BCUT2D eigenvalue weighted by Crippen LogP contribution is 2.22. The number of anilines is 1. The highest BCUT2D eigenvalue weighted by atomic mass is 35.5. The van der Waals surface area contributed by atoms with Crippen LogP contribution in [-0.4, -0.2) is 55.6 Å². The number of hydrogen-bond acceptors (Lipinski definition) is 6. The van der Waals surface area contributed by atoms with E-state index in [9.17, 15) is 4.79 Å². The summed E-state index contributed by atoms with van der Waals surface area (Å²) in [5.74, 6) is 0.946. The molecule has 0 saturated carbocycles. The second-order valence-corrected chi connectivity index (χ2v) is 5.71. The van der Waals surface area contributed by atoms with Crippen LogP contribution in [0.25, 0.3) is 0 Å². The molecule has 22 heavy (non-hydrogen) atoms. The van der Waals surface area contributed by atoms with Gasteiger partial charge in [-0.3, -0.25) is 14.4 Å². The van der Waals surface area contributed by atoms with Gasteiger partial charge in [-0.25, -0.2) is 9.67 Å². The second kappa shape index (κ2) is 6.05. The molecule has 0 unspecified atom stereocenters. The van der Waals surface area contributed by atoms with Gasteiger partial charge in [0.05, 0.1) is 18.4 Å². The summed E-state index contributed by atoms with van der Waals surface area (Å²) in [6.45, 7) is 4.11. The van der Waals surface area contributed by atoms with Gasteiger partial charge in [0.15, 0.2) is 0 Å². The van der Waals surface area contributed by atoms with E-state index in [4.69, 9.17) is 11.6 Å². The Balaban J connectivity index is 1.66. The summed E-state index contributed by atoms with van der Waals surface area (Å²) in [6.07, 6.45) is 3.22. The summed E-state index contributed by atoms with van der Waals surface area (Å²) in [6, 6.07) is 0. The van der Waals surface area contributed by atoms with Gasteiger partial charge in [-0.15, -0.1) is 0 Å². The summed E-state index contributed by atoms with van der Waals surface area (Å²) in [4.78, 5) is 20.5. The van der Waals surface area contributed by atoms with E-state index >= 15 is 0 Å². The van der Waals surface area contributed by atoms with Gasteiger partial charge in [0.1, 0.15) is 17.2 Å². The molecule has 2 aromatic rings. The molecule has 0 aliphatic carbocycles. The van der Waals surface area contributed by atoms with Crippen LogP contribution < -0.4 is 10.5 Å². The Kier molecular flexibility index (Phi) is 4.12. The SMILES string of the molecule is Cn1ncnc1CN1CCN(c2cnn(C)c(=O)c2Cl)CC1. The van der Waals surface area contributed by atoms with Crippen LogP contribution in [0.1, 0.15) is 5.82 Å². The Labute approximate surface area is 132 Å². The van der Waals surface area contributed by atoms with Crippen molar-refractivity contribution in [2.24, 2.45) is 14.1 Å². The fourth-order valence-electron chi connectivity index (χ4n) is 2.53. The zero-order valence-electron chi connectivity index (χ0n) is 12.6. The quantitative estimate of drug-likeness (QED) is 0.784. The number of aromatic nitrogens is 5. The molecule has 1 fully saturated rings. The van der Waals surface area contributed by atoms with Gasteiger partial charge in [0.2, 0.25) is 0 Å². The van der Waals surface area contributed by atoms with E-state index in [-0.39, 0.29) is 10.6 Å². The minimum Gasteiger partial charge on any atom is -0.366 e. The van der Waals surface area contributed by atoms with Gasteiger partial charge >= 0.3 is 0 Å². The zero-order chi connectivity index (χ0) is 15.7. The van der Waals surface area contributed by atoms with E-state index in [2.05, 4.69) is 25.0 Å². The lowest BCUT2D eigenvalue weighted by molar-refractivity contribution is 0.240. The Morgan fingerprint density at radius 2 is 1.86 bits per heavy atom. The number of hydrogen-bond donors (Lipinski definition) is 0. The summed E-state index contributed by atoms with van der Waals surface area (Å²) < 4.78 is 3.03.